The molecule has 7 nitrogen and oxygen atoms in total. The van der Waals surface area contributed by atoms with Crippen LogP contribution in [0.25, 0.3) is 0 Å². The van der Waals surface area contributed by atoms with E-state index in [4.69, 9.17) is 5.26 Å². The Balaban J connectivity index is 2.16. The van der Waals surface area contributed by atoms with E-state index in [1.54, 1.807) is 24.3 Å². The summed E-state index contributed by atoms with van der Waals surface area (Å²) in [5.74, 6) is -3.00. The molecule has 0 aromatic heterocycles. The molecule has 0 saturated carbocycles. The van der Waals surface area contributed by atoms with Crippen molar-refractivity contribution in [3.05, 3.63) is 71.3 Å². The third kappa shape index (κ3) is 7.42. The van der Waals surface area contributed by atoms with E-state index in [0.717, 1.165) is 24.3 Å². The molecule has 0 aliphatic heterocycles. The molecule has 2 aromatic rings. The van der Waals surface area contributed by atoms with Crippen molar-refractivity contribution in [2.45, 2.75) is 18.0 Å². The number of sulfone groups is 1. The highest BCUT2D eigenvalue weighted by atomic mass is 32.2. The fourth-order valence-corrected chi connectivity index (χ4v) is 4.18. The van der Waals surface area contributed by atoms with Gasteiger partial charge in [0.15, 0.2) is 9.84 Å². The van der Waals surface area contributed by atoms with Gasteiger partial charge >= 0.3 is 6.18 Å². The number of benzene rings is 2. The highest BCUT2D eigenvalue weighted by molar-refractivity contribution is 7.90. The highest BCUT2D eigenvalue weighted by Crippen LogP contribution is 2.29. The number of nitrogens with zero attached hydrogens (tertiary/aromatic N) is 1. The van der Waals surface area contributed by atoms with E-state index in [2.05, 4.69) is 10.6 Å². The van der Waals surface area contributed by atoms with E-state index in [9.17, 15) is 31.2 Å². The van der Waals surface area contributed by atoms with Gasteiger partial charge in [-0.05, 0) is 29.8 Å². The molecule has 0 fully saturated rings. The van der Waals surface area contributed by atoms with E-state index in [-0.39, 0.29) is 11.1 Å². The SMILES string of the molecule is N#CCNC(=O)C(CS(=O)(=O)Cc1ccc(C(F)(F)F)cc1)NC(=O)c1ccccc1. The first-order chi connectivity index (χ1) is 14.5. The summed E-state index contributed by atoms with van der Waals surface area (Å²) in [7, 11) is -4.02. The van der Waals surface area contributed by atoms with Crippen LogP contribution in [0.2, 0.25) is 0 Å². The zero-order chi connectivity index (χ0) is 23.1. The Kier molecular flexibility index (Phi) is 7.77. The number of halogens is 3. The summed E-state index contributed by atoms with van der Waals surface area (Å²) in [5.41, 5.74) is -0.628. The molecule has 164 valence electrons. The van der Waals surface area contributed by atoms with Gasteiger partial charge in [0.05, 0.1) is 23.1 Å². The molecule has 0 heterocycles. The van der Waals surface area contributed by atoms with Gasteiger partial charge in [-0.1, -0.05) is 30.3 Å². The summed E-state index contributed by atoms with van der Waals surface area (Å²) >= 11 is 0. The third-order valence-electron chi connectivity index (χ3n) is 4.09. The van der Waals surface area contributed by atoms with Crippen LogP contribution in [0.5, 0.6) is 0 Å². The smallest absolute Gasteiger partial charge is 0.341 e. The second-order valence-corrected chi connectivity index (χ2v) is 8.63. The van der Waals surface area contributed by atoms with E-state index in [1.807, 2.05) is 0 Å². The lowest BCUT2D eigenvalue weighted by molar-refractivity contribution is -0.137. The van der Waals surface area contributed by atoms with Crippen molar-refractivity contribution in [2.24, 2.45) is 0 Å². The van der Waals surface area contributed by atoms with Gasteiger partial charge in [0.1, 0.15) is 12.6 Å². The van der Waals surface area contributed by atoms with Crippen molar-refractivity contribution in [3.8, 4) is 6.07 Å². The molecule has 0 spiro atoms. The Hall–Kier alpha value is -3.39. The average molecular weight is 453 g/mol. The quantitative estimate of drug-likeness (QED) is 0.594. The van der Waals surface area contributed by atoms with Crippen molar-refractivity contribution in [1.82, 2.24) is 10.6 Å². The molecular formula is C20H18F3N3O4S. The number of rotatable bonds is 8. The van der Waals surface area contributed by atoms with Gasteiger partial charge in [0, 0.05) is 5.56 Å². The number of hydrogen-bond donors (Lipinski definition) is 2. The summed E-state index contributed by atoms with van der Waals surface area (Å²) in [6.45, 7) is -0.393. The standard InChI is InChI=1S/C20H18F3N3O4S/c21-20(22,23)16-8-6-14(7-9-16)12-31(29,30)13-17(19(28)25-11-10-24)26-18(27)15-4-2-1-3-5-15/h1-9,17H,11-13H2,(H,25,28)(H,26,27). The maximum absolute atomic E-state index is 12.7. The highest BCUT2D eigenvalue weighted by Gasteiger charge is 2.31. The minimum Gasteiger partial charge on any atom is -0.341 e. The second-order valence-electron chi connectivity index (χ2n) is 6.52. The maximum atomic E-state index is 12.7. The van der Waals surface area contributed by atoms with Crippen molar-refractivity contribution >= 4 is 21.7 Å². The predicted octanol–water partition coefficient (Wildman–Crippen LogP) is 2.06. The molecule has 2 N–H and O–H groups in total. The fourth-order valence-electron chi connectivity index (χ4n) is 2.62. The van der Waals surface area contributed by atoms with Gasteiger partial charge in [-0.2, -0.15) is 18.4 Å². The van der Waals surface area contributed by atoms with E-state index in [1.165, 1.54) is 12.1 Å². The van der Waals surface area contributed by atoms with Crippen LogP contribution < -0.4 is 10.6 Å². The maximum Gasteiger partial charge on any atom is 0.416 e. The van der Waals surface area contributed by atoms with Crippen molar-refractivity contribution in [2.75, 3.05) is 12.3 Å². The molecule has 31 heavy (non-hydrogen) atoms. The molecule has 2 rings (SSSR count). The van der Waals surface area contributed by atoms with Crippen LogP contribution >= 0.6 is 0 Å². The number of carbonyl (C=O) groups is 2. The summed E-state index contributed by atoms with van der Waals surface area (Å²) < 4.78 is 63.1. The molecule has 1 unspecified atom stereocenters. The number of nitriles is 1. The minimum atomic E-state index is -4.55. The Morgan fingerprint density at radius 2 is 1.65 bits per heavy atom. The predicted molar refractivity (Wildman–Crippen MR) is 105 cm³/mol. The summed E-state index contributed by atoms with van der Waals surface area (Å²) in [6, 6.07) is 11.5. The largest absolute Gasteiger partial charge is 0.416 e. The average Bonchev–Trinajstić information content (AvgIpc) is 2.71. The van der Waals surface area contributed by atoms with Crippen LogP contribution in [0.3, 0.4) is 0 Å². The third-order valence-corrected chi connectivity index (χ3v) is 5.70. The fraction of sp³-hybridized carbons (Fsp3) is 0.250. The molecule has 0 radical (unpaired) electrons. The van der Waals surface area contributed by atoms with Gasteiger partial charge in [-0.3, -0.25) is 9.59 Å². The normalized spacial score (nSPS) is 12.5. The Labute approximate surface area is 176 Å². The first-order valence-electron chi connectivity index (χ1n) is 8.89. The Morgan fingerprint density at radius 1 is 1.03 bits per heavy atom. The molecule has 0 aliphatic carbocycles. The molecule has 1 atom stereocenters. The Morgan fingerprint density at radius 3 is 2.19 bits per heavy atom. The van der Waals surface area contributed by atoms with Crippen molar-refractivity contribution in [1.29, 1.82) is 5.26 Å². The zero-order valence-corrected chi connectivity index (χ0v) is 16.8. The molecule has 0 aliphatic rings. The zero-order valence-electron chi connectivity index (χ0n) is 16.0. The van der Waals surface area contributed by atoms with E-state index >= 15 is 0 Å². The monoisotopic (exact) mass is 453 g/mol. The summed E-state index contributed by atoms with van der Waals surface area (Å²) in [4.78, 5) is 24.6. The first kappa shape index (κ1) is 23.9. The molecule has 2 amide bonds. The van der Waals surface area contributed by atoms with Crippen LogP contribution in [0.15, 0.2) is 54.6 Å². The number of nitrogens with one attached hydrogen (secondary N) is 2. The molecule has 2 aromatic carbocycles. The lowest BCUT2D eigenvalue weighted by Gasteiger charge is -2.18. The van der Waals surface area contributed by atoms with Gasteiger partial charge in [0.2, 0.25) is 5.91 Å². The number of alkyl halides is 3. The van der Waals surface area contributed by atoms with Crippen molar-refractivity contribution < 1.29 is 31.2 Å². The molecule has 0 bridgehead atoms. The summed E-state index contributed by atoms with van der Waals surface area (Å²) in [5, 5.41) is 13.1. The van der Waals surface area contributed by atoms with Gasteiger partial charge in [-0.15, -0.1) is 0 Å². The van der Waals surface area contributed by atoms with Crippen LogP contribution in [0.1, 0.15) is 21.5 Å². The first-order valence-corrected chi connectivity index (χ1v) is 10.7. The van der Waals surface area contributed by atoms with Crippen LogP contribution in [0, 0.1) is 11.3 Å². The molecular weight excluding hydrogens is 435 g/mol. The van der Waals surface area contributed by atoms with Crippen LogP contribution in [-0.2, 0) is 26.6 Å². The minimum absolute atomic E-state index is 0.0959. The van der Waals surface area contributed by atoms with Crippen LogP contribution in [-0.4, -0.2) is 38.6 Å². The van der Waals surface area contributed by atoms with Gasteiger partial charge in [-0.25, -0.2) is 8.42 Å². The van der Waals surface area contributed by atoms with E-state index in [0.29, 0.717) is 0 Å². The second kappa shape index (κ2) is 10.1. The van der Waals surface area contributed by atoms with E-state index < -0.39 is 57.5 Å². The molecule has 0 saturated heterocycles. The lowest BCUT2D eigenvalue weighted by Crippen LogP contribution is -2.50. The number of hydrogen-bond acceptors (Lipinski definition) is 5. The number of carbonyl (C=O) groups excluding carboxylic acids is 2. The number of amides is 2. The lowest BCUT2D eigenvalue weighted by atomic mass is 10.1. The van der Waals surface area contributed by atoms with Crippen LogP contribution in [0.4, 0.5) is 13.2 Å². The summed E-state index contributed by atoms with van der Waals surface area (Å²) in [6.07, 6.45) is -4.55. The van der Waals surface area contributed by atoms with Gasteiger partial charge in [0.25, 0.3) is 5.91 Å². The topological polar surface area (TPSA) is 116 Å². The van der Waals surface area contributed by atoms with Gasteiger partial charge < -0.3 is 10.6 Å². The molecule has 11 heteroatoms. The Bertz CT molecular complexity index is 1060. The van der Waals surface area contributed by atoms with Crippen molar-refractivity contribution in [3.63, 3.8) is 0 Å².